The molecular formula is C16H22N2O4. The quantitative estimate of drug-likeness (QED) is 0.635. The van der Waals surface area contributed by atoms with Crippen molar-refractivity contribution in [2.24, 2.45) is 0 Å². The highest BCUT2D eigenvalue weighted by molar-refractivity contribution is 5.97. The lowest BCUT2D eigenvalue weighted by Gasteiger charge is -2.26. The first-order valence-corrected chi connectivity index (χ1v) is 7.85. The lowest BCUT2D eigenvalue weighted by atomic mass is 9.95. The van der Waals surface area contributed by atoms with E-state index >= 15 is 0 Å². The fourth-order valence-corrected chi connectivity index (χ4v) is 3.14. The molecule has 6 heteroatoms. The van der Waals surface area contributed by atoms with Crippen molar-refractivity contribution in [1.29, 1.82) is 0 Å². The second-order valence-corrected chi connectivity index (χ2v) is 5.97. The maximum absolute atomic E-state index is 11.4. The van der Waals surface area contributed by atoms with Crippen LogP contribution in [0.3, 0.4) is 0 Å². The Hall–Kier alpha value is -1.79. The number of phenols is 1. The smallest absolute Gasteiger partial charge is 0.262 e. The van der Waals surface area contributed by atoms with Crippen LogP contribution in [0.2, 0.25) is 0 Å². The van der Waals surface area contributed by atoms with Gasteiger partial charge in [0.05, 0.1) is 6.10 Å². The predicted octanol–water partition coefficient (Wildman–Crippen LogP) is 1.68. The highest BCUT2D eigenvalue weighted by Crippen LogP contribution is 2.41. The topological polar surface area (TPSA) is 90.8 Å². The van der Waals surface area contributed by atoms with E-state index in [-0.39, 0.29) is 24.0 Å². The first-order chi connectivity index (χ1) is 10.6. The zero-order valence-corrected chi connectivity index (χ0v) is 12.5. The maximum atomic E-state index is 11.4. The van der Waals surface area contributed by atoms with Crippen molar-refractivity contribution in [3.63, 3.8) is 0 Å². The van der Waals surface area contributed by atoms with Gasteiger partial charge in [-0.3, -0.25) is 4.79 Å². The van der Waals surface area contributed by atoms with Crippen LogP contribution >= 0.6 is 0 Å². The van der Waals surface area contributed by atoms with E-state index in [1.165, 1.54) is 25.3 Å². The summed E-state index contributed by atoms with van der Waals surface area (Å²) in [5.41, 5.74) is 0.821. The van der Waals surface area contributed by atoms with Gasteiger partial charge in [-0.25, -0.2) is 0 Å². The van der Waals surface area contributed by atoms with Crippen molar-refractivity contribution in [1.82, 2.24) is 5.32 Å². The number of anilines is 1. The molecule has 1 aliphatic carbocycles. The molecule has 1 fully saturated rings. The Morgan fingerprint density at radius 3 is 2.86 bits per heavy atom. The summed E-state index contributed by atoms with van der Waals surface area (Å²) in [7, 11) is 0. The summed E-state index contributed by atoms with van der Waals surface area (Å²) >= 11 is 0. The molecule has 1 unspecified atom stereocenters. The Morgan fingerprint density at radius 1 is 1.32 bits per heavy atom. The van der Waals surface area contributed by atoms with Crippen LogP contribution < -0.4 is 15.4 Å². The highest BCUT2D eigenvalue weighted by atomic mass is 16.5. The molecule has 0 radical (unpaired) electrons. The van der Waals surface area contributed by atoms with Crippen LogP contribution in [-0.4, -0.2) is 35.3 Å². The van der Waals surface area contributed by atoms with Crippen LogP contribution in [-0.2, 0) is 4.79 Å². The van der Waals surface area contributed by atoms with Crippen molar-refractivity contribution < 1.29 is 19.7 Å². The van der Waals surface area contributed by atoms with Gasteiger partial charge >= 0.3 is 0 Å². The van der Waals surface area contributed by atoms with E-state index in [1.54, 1.807) is 6.07 Å². The van der Waals surface area contributed by atoms with Crippen LogP contribution in [0.5, 0.6) is 11.5 Å². The van der Waals surface area contributed by atoms with Crippen molar-refractivity contribution in [2.75, 3.05) is 18.5 Å². The summed E-state index contributed by atoms with van der Waals surface area (Å²) in [5, 5.41) is 26.2. The van der Waals surface area contributed by atoms with Crippen molar-refractivity contribution >= 4 is 11.6 Å². The van der Waals surface area contributed by atoms with E-state index in [1.807, 2.05) is 0 Å². The number of ether oxygens (including phenoxy) is 1. The van der Waals surface area contributed by atoms with Crippen molar-refractivity contribution in [3.05, 3.63) is 17.7 Å². The third-order valence-corrected chi connectivity index (χ3v) is 4.34. The van der Waals surface area contributed by atoms with E-state index in [9.17, 15) is 15.0 Å². The molecule has 1 atom stereocenters. The van der Waals surface area contributed by atoms with Gasteiger partial charge in [0.25, 0.3) is 5.91 Å². The van der Waals surface area contributed by atoms with Crippen LogP contribution in [0.15, 0.2) is 12.1 Å². The number of aliphatic hydroxyl groups is 1. The minimum atomic E-state index is -0.744. The van der Waals surface area contributed by atoms with Crippen LogP contribution in [0.1, 0.15) is 43.8 Å². The molecule has 1 amide bonds. The number of hydrogen-bond donors (Lipinski definition) is 4. The molecule has 1 aromatic rings. The molecule has 0 spiro atoms. The molecule has 2 aliphatic rings. The minimum Gasteiger partial charge on any atom is -0.506 e. The number of rotatable bonds is 4. The first-order valence-electron chi connectivity index (χ1n) is 7.85. The van der Waals surface area contributed by atoms with E-state index in [4.69, 9.17) is 4.74 Å². The Morgan fingerprint density at radius 2 is 2.09 bits per heavy atom. The molecule has 1 heterocycles. The number of nitrogens with one attached hydrogen (secondary N) is 2. The summed E-state index contributed by atoms with van der Waals surface area (Å²) in [6.07, 6.45) is 5.31. The summed E-state index contributed by atoms with van der Waals surface area (Å²) in [5.74, 6) is -0.00782. The van der Waals surface area contributed by atoms with Gasteiger partial charge in [0, 0.05) is 18.2 Å². The lowest BCUT2D eigenvalue weighted by molar-refractivity contribution is -0.118. The molecule has 22 heavy (non-hydrogen) atoms. The second kappa shape index (κ2) is 6.54. The zero-order chi connectivity index (χ0) is 15.5. The van der Waals surface area contributed by atoms with Gasteiger partial charge in [-0.15, -0.1) is 0 Å². The van der Waals surface area contributed by atoms with Gasteiger partial charge in [0.2, 0.25) is 0 Å². The van der Waals surface area contributed by atoms with Crippen LogP contribution in [0, 0.1) is 0 Å². The molecule has 3 rings (SSSR count). The average Bonchev–Trinajstić information content (AvgIpc) is 2.54. The lowest BCUT2D eigenvalue weighted by Crippen LogP contribution is -2.34. The van der Waals surface area contributed by atoms with Gasteiger partial charge in [0.1, 0.15) is 11.4 Å². The van der Waals surface area contributed by atoms with Gasteiger partial charge in [-0.1, -0.05) is 19.3 Å². The number of carbonyl (C=O) groups excluding carboxylic acids is 1. The fourth-order valence-electron chi connectivity index (χ4n) is 3.14. The molecule has 120 valence electrons. The molecule has 1 aromatic carbocycles. The average molecular weight is 306 g/mol. The van der Waals surface area contributed by atoms with Crippen LogP contribution in [0.25, 0.3) is 0 Å². The minimum absolute atomic E-state index is 0.0563. The van der Waals surface area contributed by atoms with Crippen molar-refractivity contribution in [3.8, 4) is 11.5 Å². The second-order valence-electron chi connectivity index (χ2n) is 5.97. The molecule has 0 aromatic heterocycles. The SMILES string of the molecule is O=C1COc2c(C(O)CNC3CCCCC3)ccc(O)c2N1. The van der Waals surface area contributed by atoms with Gasteiger partial charge < -0.3 is 25.6 Å². The monoisotopic (exact) mass is 306 g/mol. The number of hydrogen-bond acceptors (Lipinski definition) is 5. The Bertz CT molecular complexity index is 555. The van der Waals surface area contributed by atoms with Gasteiger partial charge in [-0.05, 0) is 25.0 Å². The van der Waals surface area contributed by atoms with Gasteiger partial charge in [0.15, 0.2) is 12.4 Å². The number of amides is 1. The number of phenolic OH excluding ortho intramolecular Hbond substituents is 1. The first kappa shape index (κ1) is 15.1. The number of aromatic hydroxyl groups is 1. The zero-order valence-electron chi connectivity index (χ0n) is 12.5. The Kier molecular flexibility index (Phi) is 4.49. The summed E-state index contributed by atoms with van der Waals surface area (Å²) in [6.45, 7) is 0.325. The van der Waals surface area contributed by atoms with Gasteiger partial charge in [-0.2, -0.15) is 0 Å². The number of benzene rings is 1. The van der Waals surface area contributed by atoms with E-state index in [0.29, 0.717) is 23.9 Å². The maximum Gasteiger partial charge on any atom is 0.262 e. The Balaban J connectivity index is 1.71. The molecule has 1 aliphatic heterocycles. The van der Waals surface area contributed by atoms with Crippen LogP contribution in [0.4, 0.5) is 5.69 Å². The number of carbonyl (C=O) groups is 1. The highest BCUT2D eigenvalue weighted by Gasteiger charge is 2.26. The van der Waals surface area contributed by atoms with Crippen molar-refractivity contribution in [2.45, 2.75) is 44.2 Å². The normalized spacial score (nSPS) is 20.0. The molecule has 1 saturated carbocycles. The van der Waals surface area contributed by atoms with E-state index in [0.717, 1.165) is 12.8 Å². The largest absolute Gasteiger partial charge is 0.506 e. The Labute approximate surface area is 129 Å². The summed E-state index contributed by atoms with van der Waals surface area (Å²) in [6, 6.07) is 3.56. The third-order valence-electron chi connectivity index (χ3n) is 4.34. The molecular weight excluding hydrogens is 284 g/mol. The third kappa shape index (κ3) is 3.18. The van der Waals surface area contributed by atoms with E-state index < -0.39 is 6.10 Å². The molecule has 0 bridgehead atoms. The molecule has 6 nitrogen and oxygen atoms in total. The summed E-state index contributed by atoms with van der Waals surface area (Å²) < 4.78 is 5.40. The number of aliphatic hydroxyl groups excluding tert-OH is 1. The summed E-state index contributed by atoms with van der Waals surface area (Å²) in [4.78, 5) is 11.4. The van der Waals surface area contributed by atoms with E-state index in [2.05, 4.69) is 10.6 Å². The molecule has 4 N–H and O–H groups in total. The standard InChI is InChI=1S/C16H22N2O4/c19-12-7-6-11(16-15(12)18-14(21)9-22-16)13(20)8-17-10-4-2-1-3-5-10/h6-7,10,13,17,19-20H,1-5,8-9H2,(H,18,21). The fraction of sp³-hybridized carbons (Fsp3) is 0.562. The number of fused-ring (bicyclic) bond motifs is 1. The predicted molar refractivity (Wildman–Crippen MR) is 82.1 cm³/mol. The molecule has 0 saturated heterocycles.